The molecule has 2 atom stereocenters. The lowest BCUT2D eigenvalue weighted by atomic mass is 10.0. The van der Waals surface area contributed by atoms with E-state index in [9.17, 15) is 0 Å². The van der Waals surface area contributed by atoms with Gasteiger partial charge in [-0.15, -0.1) is 0 Å². The summed E-state index contributed by atoms with van der Waals surface area (Å²) in [6.07, 6.45) is 3.88. The maximum atomic E-state index is 6.01. The Morgan fingerprint density at radius 1 is 0.906 bits per heavy atom. The van der Waals surface area contributed by atoms with Gasteiger partial charge >= 0.3 is 0 Å². The van der Waals surface area contributed by atoms with Gasteiger partial charge in [0.2, 0.25) is 0 Å². The van der Waals surface area contributed by atoms with Gasteiger partial charge in [0.15, 0.2) is 5.11 Å². The van der Waals surface area contributed by atoms with Crippen LogP contribution in [0.1, 0.15) is 29.0 Å². The highest BCUT2D eigenvalue weighted by molar-refractivity contribution is 7.80. The molecule has 0 spiro atoms. The molecule has 32 heavy (non-hydrogen) atoms. The van der Waals surface area contributed by atoms with Crippen molar-refractivity contribution in [1.29, 1.82) is 0 Å². The van der Waals surface area contributed by atoms with Gasteiger partial charge in [0.05, 0.1) is 11.7 Å². The molecule has 2 aromatic heterocycles. The Hall–Kier alpha value is -3.64. The molecule has 1 saturated heterocycles. The molecule has 1 N–H and O–H groups in total. The van der Waals surface area contributed by atoms with Crippen LogP contribution in [0.2, 0.25) is 0 Å². The number of aromatic nitrogens is 2. The number of thiocarbonyl (C=S) groups is 1. The molecular formula is C26H24N4OS. The van der Waals surface area contributed by atoms with E-state index < -0.39 is 0 Å². The van der Waals surface area contributed by atoms with Crippen molar-refractivity contribution in [2.45, 2.75) is 19.0 Å². The third-order valence-corrected chi connectivity index (χ3v) is 6.07. The molecule has 2 aromatic carbocycles. The molecule has 4 aromatic rings. The van der Waals surface area contributed by atoms with E-state index in [1.807, 2.05) is 72.9 Å². The fraction of sp³-hybridized carbons (Fsp3) is 0.154. The van der Waals surface area contributed by atoms with Crippen LogP contribution in [-0.4, -0.2) is 14.7 Å². The lowest BCUT2D eigenvalue weighted by molar-refractivity contribution is 0.482. The number of anilines is 1. The molecule has 0 amide bonds. The second-order valence-electron chi connectivity index (χ2n) is 7.95. The van der Waals surface area contributed by atoms with Crippen LogP contribution in [0, 0.1) is 6.92 Å². The van der Waals surface area contributed by atoms with Gasteiger partial charge in [0, 0.05) is 30.8 Å². The highest BCUT2D eigenvalue weighted by Crippen LogP contribution is 2.41. The van der Waals surface area contributed by atoms with Gasteiger partial charge in [0.1, 0.15) is 17.5 Å². The molecule has 0 radical (unpaired) electrons. The maximum absolute atomic E-state index is 6.01. The number of nitrogens with one attached hydrogen (secondary N) is 1. The minimum atomic E-state index is -0.0548. The van der Waals surface area contributed by atoms with Gasteiger partial charge in [-0.1, -0.05) is 23.8 Å². The van der Waals surface area contributed by atoms with Crippen LogP contribution >= 0.6 is 12.2 Å². The number of aryl methyl sites for hydroxylation is 2. The minimum absolute atomic E-state index is 0.0266. The molecule has 1 fully saturated rings. The van der Waals surface area contributed by atoms with Gasteiger partial charge in [-0.3, -0.25) is 4.98 Å². The molecule has 0 aliphatic carbocycles. The van der Waals surface area contributed by atoms with Crippen molar-refractivity contribution in [3.8, 4) is 11.5 Å². The highest BCUT2D eigenvalue weighted by atomic mass is 32.1. The molecule has 3 heterocycles. The zero-order chi connectivity index (χ0) is 22.1. The summed E-state index contributed by atoms with van der Waals surface area (Å²) in [5.74, 6) is 1.60. The SMILES string of the molecule is Cc1ccc(Oc2ccc(N3C(=S)N[C@@H](c4ccccn4)[C@@H]3c3cccn3C)cc2)cc1. The van der Waals surface area contributed by atoms with E-state index in [0.717, 1.165) is 28.6 Å². The lowest BCUT2D eigenvalue weighted by Gasteiger charge is -2.28. The molecule has 6 heteroatoms. The van der Waals surface area contributed by atoms with Gasteiger partial charge < -0.3 is 19.5 Å². The van der Waals surface area contributed by atoms with E-state index >= 15 is 0 Å². The van der Waals surface area contributed by atoms with Crippen molar-refractivity contribution in [3.05, 3.63) is 108 Å². The van der Waals surface area contributed by atoms with E-state index in [4.69, 9.17) is 17.0 Å². The first-order valence-corrected chi connectivity index (χ1v) is 11.0. The smallest absolute Gasteiger partial charge is 0.174 e. The molecular weight excluding hydrogens is 416 g/mol. The van der Waals surface area contributed by atoms with Gasteiger partial charge in [-0.25, -0.2) is 0 Å². The lowest BCUT2D eigenvalue weighted by Crippen LogP contribution is -2.30. The monoisotopic (exact) mass is 440 g/mol. The van der Waals surface area contributed by atoms with Gasteiger partial charge in [-0.05, 0) is 79.8 Å². The Kier molecular flexibility index (Phi) is 5.37. The number of benzene rings is 2. The molecule has 1 aliphatic heterocycles. The van der Waals surface area contributed by atoms with Gasteiger partial charge in [-0.2, -0.15) is 0 Å². The maximum Gasteiger partial charge on any atom is 0.174 e. The average molecular weight is 441 g/mol. The number of ether oxygens (including phenoxy) is 1. The van der Waals surface area contributed by atoms with E-state index in [2.05, 4.69) is 52.1 Å². The summed E-state index contributed by atoms with van der Waals surface area (Å²) in [5.41, 5.74) is 4.33. The molecule has 0 unspecified atom stereocenters. The summed E-state index contributed by atoms with van der Waals surface area (Å²) in [6.45, 7) is 2.06. The molecule has 0 bridgehead atoms. The summed E-state index contributed by atoms with van der Waals surface area (Å²) in [4.78, 5) is 6.77. The molecule has 160 valence electrons. The predicted molar refractivity (Wildman–Crippen MR) is 131 cm³/mol. The van der Waals surface area contributed by atoms with Crippen molar-refractivity contribution in [3.63, 3.8) is 0 Å². The topological polar surface area (TPSA) is 42.3 Å². The molecule has 0 saturated carbocycles. The fourth-order valence-electron chi connectivity index (χ4n) is 4.13. The van der Waals surface area contributed by atoms with Crippen molar-refractivity contribution < 1.29 is 4.74 Å². The fourth-order valence-corrected chi connectivity index (χ4v) is 4.48. The number of nitrogens with zero attached hydrogens (tertiary/aromatic N) is 3. The Morgan fingerprint density at radius 3 is 2.25 bits per heavy atom. The second-order valence-corrected chi connectivity index (χ2v) is 8.34. The van der Waals surface area contributed by atoms with Crippen molar-refractivity contribution in [1.82, 2.24) is 14.9 Å². The average Bonchev–Trinajstić information content (AvgIpc) is 3.39. The number of hydrogen-bond donors (Lipinski definition) is 1. The third kappa shape index (κ3) is 3.85. The van der Waals surface area contributed by atoms with Crippen molar-refractivity contribution in [2.75, 3.05) is 4.90 Å². The highest BCUT2D eigenvalue weighted by Gasteiger charge is 2.41. The zero-order valence-electron chi connectivity index (χ0n) is 18.0. The van der Waals surface area contributed by atoms with Crippen LogP contribution in [0.3, 0.4) is 0 Å². The molecule has 5 rings (SSSR count). The zero-order valence-corrected chi connectivity index (χ0v) is 18.8. The Bertz CT molecular complexity index is 1220. The van der Waals surface area contributed by atoms with Crippen LogP contribution in [0.4, 0.5) is 5.69 Å². The van der Waals surface area contributed by atoms with E-state index in [0.29, 0.717) is 5.11 Å². The first kappa shape index (κ1) is 20.3. The molecule has 5 nitrogen and oxygen atoms in total. The normalized spacial score (nSPS) is 17.9. The summed E-state index contributed by atoms with van der Waals surface area (Å²) in [7, 11) is 2.06. The van der Waals surface area contributed by atoms with Crippen LogP contribution < -0.4 is 15.0 Å². The Morgan fingerprint density at radius 2 is 1.62 bits per heavy atom. The van der Waals surface area contributed by atoms with Crippen LogP contribution in [0.25, 0.3) is 0 Å². The first-order valence-electron chi connectivity index (χ1n) is 10.6. The van der Waals surface area contributed by atoms with Crippen LogP contribution in [-0.2, 0) is 7.05 Å². The van der Waals surface area contributed by atoms with E-state index in [1.54, 1.807) is 0 Å². The largest absolute Gasteiger partial charge is 0.457 e. The Balaban J connectivity index is 1.47. The van der Waals surface area contributed by atoms with E-state index in [-0.39, 0.29) is 12.1 Å². The number of pyridine rings is 1. The van der Waals surface area contributed by atoms with Crippen molar-refractivity contribution >= 4 is 23.0 Å². The summed E-state index contributed by atoms with van der Waals surface area (Å²) in [6, 6.07) is 26.2. The van der Waals surface area contributed by atoms with Crippen molar-refractivity contribution in [2.24, 2.45) is 7.05 Å². The van der Waals surface area contributed by atoms with Crippen LogP contribution in [0.5, 0.6) is 11.5 Å². The van der Waals surface area contributed by atoms with Crippen LogP contribution in [0.15, 0.2) is 91.3 Å². The minimum Gasteiger partial charge on any atom is -0.457 e. The van der Waals surface area contributed by atoms with Gasteiger partial charge in [0.25, 0.3) is 0 Å². The van der Waals surface area contributed by atoms with E-state index in [1.165, 1.54) is 5.56 Å². The molecule has 1 aliphatic rings. The quantitative estimate of drug-likeness (QED) is 0.403. The summed E-state index contributed by atoms with van der Waals surface area (Å²) >= 11 is 5.79. The summed E-state index contributed by atoms with van der Waals surface area (Å²) in [5, 5.41) is 4.17. The summed E-state index contributed by atoms with van der Waals surface area (Å²) < 4.78 is 8.14. The standard InChI is InChI=1S/C26H24N4OS/c1-18-8-12-20(13-9-18)31-21-14-10-19(11-15-21)30-25(23-7-5-17-29(23)2)24(28-26(30)32)22-6-3-4-16-27-22/h3-17,24-25H,1-2H3,(H,28,32)/t24-,25-/m0/s1. The number of hydrogen-bond acceptors (Lipinski definition) is 3. The third-order valence-electron chi connectivity index (χ3n) is 5.76. The number of rotatable bonds is 5. The predicted octanol–water partition coefficient (Wildman–Crippen LogP) is 5.70. The Labute approximate surface area is 193 Å². The second kappa shape index (κ2) is 8.48. The first-order chi connectivity index (χ1) is 15.6.